The molecule has 0 radical (unpaired) electrons. The van der Waals surface area contributed by atoms with Crippen molar-refractivity contribution in [1.29, 1.82) is 0 Å². The predicted octanol–water partition coefficient (Wildman–Crippen LogP) is 4.98. The zero-order valence-corrected chi connectivity index (χ0v) is 18.4. The van der Waals surface area contributed by atoms with E-state index in [2.05, 4.69) is 4.90 Å². The molecule has 0 saturated heterocycles. The van der Waals surface area contributed by atoms with Gasteiger partial charge >= 0.3 is 5.97 Å². The quantitative estimate of drug-likeness (QED) is 0.532. The van der Waals surface area contributed by atoms with Crippen molar-refractivity contribution in [2.45, 2.75) is 50.5 Å². The molecule has 2 aromatic carbocycles. The molecule has 1 saturated carbocycles. The molecule has 0 amide bonds. The van der Waals surface area contributed by atoms with E-state index in [-0.39, 0.29) is 24.3 Å². The van der Waals surface area contributed by atoms with E-state index >= 15 is 0 Å². The van der Waals surface area contributed by atoms with Gasteiger partial charge in [-0.05, 0) is 63.2 Å². The smallest absolute Gasteiger partial charge is 0.343 e. The fraction of sp³-hybridized carbons (Fsp3) is 0.458. The molecule has 0 aliphatic heterocycles. The largest absolute Gasteiger partial charge is 0.423 e. The summed E-state index contributed by atoms with van der Waals surface area (Å²) in [4.78, 5) is 14.6. The van der Waals surface area contributed by atoms with Crippen LogP contribution in [0.25, 0.3) is 0 Å². The summed E-state index contributed by atoms with van der Waals surface area (Å²) >= 11 is 0. The number of aliphatic hydroxyl groups is 1. The van der Waals surface area contributed by atoms with Crippen LogP contribution >= 0.6 is 12.4 Å². The van der Waals surface area contributed by atoms with Crippen molar-refractivity contribution < 1.29 is 14.6 Å². The number of esters is 1. The van der Waals surface area contributed by atoms with Gasteiger partial charge in [0.15, 0.2) is 0 Å². The molecular formula is C24H32ClNO3. The van der Waals surface area contributed by atoms with Crippen LogP contribution < -0.4 is 4.74 Å². The number of likely N-dealkylation sites (N-methyl/N-ethyl adjacent to an activating group) is 1. The number of rotatable bonds is 6. The van der Waals surface area contributed by atoms with Gasteiger partial charge in [-0.25, -0.2) is 4.79 Å². The number of nitrogens with zero attached hydrogens (tertiary/aromatic N) is 1. The number of hydrogen-bond donors (Lipinski definition) is 1. The van der Waals surface area contributed by atoms with Crippen LogP contribution in [0.5, 0.6) is 5.75 Å². The third-order valence-corrected chi connectivity index (χ3v) is 5.77. The Labute approximate surface area is 180 Å². The molecule has 2 aromatic rings. The van der Waals surface area contributed by atoms with Gasteiger partial charge in [-0.1, -0.05) is 49.6 Å². The van der Waals surface area contributed by atoms with E-state index in [1.807, 2.05) is 63.5 Å². The van der Waals surface area contributed by atoms with Gasteiger partial charge in [0.2, 0.25) is 0 Å². The van der Waals surface area contributed by atoms with Crippen LogP contribution in [0.15, 0.2) is 48.5 Å². The zero-order valence-electron chi connectivity index (χ0n) is 17.6. The highest BCUT2D eigenvalue weighted by Gasteiger charge is 2.38. The first-order valence-corrected chi connectivity index (χ1v) is 10.1. The molecule has 1 atom stereocenters. The maximum Gasteiger partial charge on any atom is 0.343 e. The minimum absolute atomic E-state index is 0. The average molecular weight is 418 g/mol. The van der Waals surface area contributed by atoms with Crippen LogP contribution in [0.4, 0.5) is 0 Å². The van der Waals surface area contributed by atoms with E-state index in [0.29, 0.717) is 11.3 Å². The lowest BCUT2D eigenvalue weighted by Gasteiger charge is -2.40. The summed E-state index contributed by atoms with van der Waals surface area (Å²) in [5, 5.41) is 11.3. The number of benzene rings is 2. The van der Waals surface area contributed by atoms with E-state index in [0.717, 1.165) is 43.4 Å². The second kappa shape index (κ2) is 10.2. The zero-order chi connectivity index (χ0) is 20.1. The normalized spacial score (nSPS) is 16.7. The highest BCUT2D eigenvalue weighted by Crippen LogP contribution is 2.40. The van der Waals surface area contributed by atoms with Crippen LogP contribution in [0, 0.1) is 6.92 Å². The van der Waals surface area contributed by atoms with Crippen LogP contribution in [-0.2, 0) is 0 Å². The molecule has 0 aromatic heterocycles. The average Bonchev–Trinajstić information content (AvgIpc) is 2.67. The van der Waals surface area contributed by atoms with Gasteiger partial charge in [0.1, 0.15) is 5.75 Å². The molecular weight excluding hydrogens is 386 g/mol. The van der Waals surface area contributed by atoms with Crippen molar-refractivity contribution in [3.8, 4) is 5.75 Å². The molecule has 4 nitrogen and oxygen atoms in total. The number of ether oxygens (including phenoxy) is 1. The van der Waals surface area contributed by atoms with Gasteiger partial charge in [-0.3, -0.25) is 0 Å². The van der Waals surface area contributed by atoms with Gasteiger partial charge < -0.3 is 14.7 Å². The van der Waals surface area contributed by atoms with Crippen molar-refractivity contribution in [3.05, 3.63) is 65.2 Å². The van der Waals surface area contributed by atoms with Crippen molar-refractivity contribution in [2.75, 3.05) is 20.6 Å². The Hall–Kier alpha value is -1.88. The Kier molecular flexibility index (Phi) is 8.26. The Bertz CT molecular complexity index is 798. The fourth-order valence-corrected chi connectivity index (χ4v) is 4.20. The molecule has 0 bridgehead atoms. The van der Waals surface area contributed by atoms with E-state index < -0.39 is 5.60 Å². The first-order valence-electron chi connectivity index (χ1n) is 10.1. The van der Waals surface area contributed by atoms with Crippen molar-refractivity contribution in [3.63, 3.8) is 0 Å². The molecule has 0 heterocycles. The summed E-state index contributed by atoms with van der Waals surface area (Å²) in [6.07, 6.45) is 5.04. The number of carbonyl (C=O) groups is 1. The van der Waals surface area contributed by atoms with Crippen LogP contribution in [-0.4, -0.2) is 42.2 Å². The van der Waals surface area contributed by atoms with Crippen molar-refractivity contribution >= 4 is 18.4 Å². The third-order valence-electron chi connectivity index (χ3n) is 5.77. The second-order valence-electron chi connectivity index (χ2n) is 8.25. The molecule has 1 N–H and O–H groups in total. The molecule has 29 heavy (non-hydrogen) atoms. The molecule has 5 heteroatoms. The van der Waals surface area contributed by atoms with Crippen molar-refractivity contribution in [2.24, 2.45) is 0 Å². The molecule has 1 aliphatic carbocycles. The molecule has 1 fully saturated rings. The van der Waals surface area contributed by atoms with Crippen LogP contribution in [0.1, 0.15) is 59.5 Å². The highest BCUT2D eigenvalue weighted by molar-refractivity contribution is 5.92. The maximum atomic E-state index is 12.4. The monoisotopic (exact) mass is 417 g/mol. The lowest BCUT2D eigenvalue weighted by Crippen LogP contribution is -2.42. The SMILES string of the molecule is Cc1ccccc1C(=O)Oc1ccc(C(CN(C)C)C2(O)CCCCC2)cc1.Cl. The lowest BCUT2D eigenvalue weighted by molar-refractivity contribution is -0.0277. The minimum atomic E-state index is -0.665. The lowest BCUT2D eigenvalue weighted by atomic mass is 9.72. The van der Waals surface area contributed by atoms with E-state index in [4.69, 9.17) is 4.74 Å². The summed E-state index contributed by atoms with van der Waals surface area (Å²) in [6, 6.07) is 15.1. The van der Waals surface area contributed by atoms with E-state index in [1.165, 1.54) is 6.42 Å². The Balaban J connectivity index is 0.00000300. The summed E-state index contributed by atoms with van der Waals surface area (Å²) in [5.74, 6) is 0.224. The summed E-state index contributed by atoms with van der Waals surface area (Å²) in [7, 11) is 4.08. The predicted molar refractivity (Wildman–Crippen MR) is 119 cm³/mol. The Morgan fingerprint density at radius 2 is 1.69 bits per heavy atom. The van der Waals surface area contributed by atoms with Gasteiger partial charge in [0, 0.05) is 12.5 Å². The van der Waals surface area contributed by atoms with E-state index in [1.54, 1.807) is 6.07 Å². The Morgan fingerprint density at radius 1 is 1.07 bits per heavy atom. The van der Waals surface area contributed by atoms with Gasteiger partial charge in [0.05, 0.1) is 11.2 Å². The van der Waals surface area contributed by atoms with Gasteiger partial charge in [0.25, 0.3) is 0 Å². The van der Waals surface area contributed by atoms with Gasteiger partial charge in [-0.2, -0.15) is 0 Å². The molecule has 1 aliphatic rings. The number of halogens is 1. The number of carbonyl (C=O) groups excluding carboxylic acids is 1. The molecule has 0 spiro atoms. The summed E-state index contributed by atoms with van der Waals surface area (Å²) in [6.45, 7) is 2.69. The first kappa shape index (κ1) is 23.4. The standard InChI is InChI=1S/C24H31NO3.ClH/c1-18-9-5-6-10-21(18)23(26)28-20-13-11-19(12-14-20)22(17-25(2)3)24(27)15-7-4-8-16-24;/h5-6,9-14,22,27H,4,7-8,15-17H2,1-3H3;1H. The second-order valence-corrected chi connectivity index (χ2v) is 8.25. The topological polar surface area (TPSA) is 49.8 Å². The molecule has 3 rings (SSSR count). The number of hydrogen-bond acceptors (Lipinski definition) is 4. The fourth-order valence-electron chi connectivity index (χ4n) is 4.20. The maximum absolute atomic E-state index is 12.4. The first-order chi connectivity index (χ1) is 13.4. The highest BCUT2D eigenvalue weighted by atomic mass is 35.5. The van der Waals surface area contributed by atoms with Gasteiger partial charge in [-0.15, -0.1) is 12.4 Å². The number of aryl methyl sites for hydroxylation is 1. The van der Waals surface area contributed by atoms with E-state index in [9.17, 15) is 9.90 Å². The Morgan fingerprint density at radius 3 is 2.28 bits per heavy atom. The third kappa shape index (κ3) is 5.81. The van der Waals surface area contributed by atoms with Crippen molar-refractivity contribution in [1.82, 2.24) is 4.90 Å². The van der Waals surface area contributed by atoms with Crippen LogP contribution in [0.2, 0.25) is 0 Å². The molecule has 158 valence electrons. The molecule has 1 unspecified atom stereocenters. The minimum Gasteiger partial charge on any atom is -0.423 e. The summed E-state index contributed by atoms with van der Waals surface area (Å²) < 4.78 is 5.56. The summed E-state index contributed by atoms with van der Waals surface area (Å²) in [5.41, 5.74) is 1.90. The van der Waals surface area contributed by atoms with Crippen LogP contribution in [0.3, 0.4) is 0 Å².